The first-order valence-corrected chi connectivity index (χ1v) is 5.92. The zero-order valence-corrected chi connectivity index (χ0v) is 10.3. The van der Waals surface area contributed by atoms with Crippen molar-refractivity contribution in [3.05, 3.63) is 48.4 Å². The fourth-order valence-corrected chi connectivity index (χ4v) is 1.58. The molecule has 0 aliphatic heterocycles. The van der Waals surface area contributed by atoms with Gasteiger partial charge in [0.25, 0.3) is 0 Å². The van der Waals surface area contributed by atoms with Crippen LogP contribution in [-0.2, 0) is 11.3 Å². The Balaban J connectivity index is 2.13. The molecule has 1 N–H and O–H groups in total. The standard InChI is InChI=1S/C14H15N3O/c1-2-14(18)15-9-12-8-13(17-10-16-12)11-6-4-3-5-7-11/h3-8,10H,2,9H2,1H3,(H,15,18). The molecule has 1 aromatic carbocycles. The lowest BCUT2D eigenvalue weighted by Crippen LogP contribution is -2.22. The number of amides is 1. The lowest BCUT2D eigenvalue weighted by atomic mass is 10.1. The van der Waals surface area contributed by atoms with Crippen molar-refractivity contribution in [3.8, 4) is 11.3 Å². The van der Waals surface area contributed by atoms with E-state index in [9.17, 15) is 4.79 Å². The van der Waals surface area contributed by atoms with E-state index in [1.54, 1.807) is 0 Å². The van der Waals surface area contributed by atoms with Crippen molar-refractivity contribution in [1.82, 2.24) is 15.3 Å². The molecule has 0 saturated carbocycles. The second-order valence-corrected chi connectivity index (χ2v) is 3.89. The summed E-state index contributed by atoms with van der Waals surface area (Å²) in [6.45, 7) is 2.26. The predicted molar refractivity (Wildman–Crippen MR) is 69.6 cm³/mol. The van der Waals surface area contributed by atoms with E-state index in [0.29, 0.717) is 13.0 Å². The number of carbonyl (C=O) groups excluding carboxylic acids is 1. The summed E-state index contributed by atoms with van der Waals surface area (Å²) in [5, 5.41) is 2.80. The fraction of sp³-hybridized carbons (Fsp3) is 0.214. The topological polar surface area (TPSA) is 54.9 Å². The average molecular weight is 241 g/mol. The maximum atomic E-state index is 11.2. The van der Waals surface area contributed by atoms with Crippen LogP contribution in [0, 0.1) is 0 Å². The van der Waals surface area contributed by atoms with Gasteiger partial charge in [0.15, 0.2) is 0 Å². The average Bonchev–Trinajstić information content (AvgIpc) is 2.46. The first-order chi connectivity index (χ1) is 8.79. The molecule has 18 heavy (non-hydrogen) atoms. The van der Waals surface area contributed by atoms with E-state index in [0.717, 1.165) is 17.0 Å². The summed E-state index contributed by atoms with van der Waals surface area (Å²) in [5.74, 6) is 0.0230. The van der Waals surface area contributed by atoms with Crippen LogP contribution in [0.1, 0.15) is 19.0 Å². The van der Waals surface area contributed by atoms with Crippen LogP contribution in [0.3, 0.4) is 0 Å². The predicted octanol–water partition coefficient (Wildman–Crippen LogP) is 2.17. The number of hydrogen-bond acceptors (Lipinski definition) is 3. The van der Waals surface area contributed by atoms with E-state index in [1.807, 2.05) is 43.3 Å². The van der Waals surface area contributed by atoms with Crippen LogP contribution >= 0.6 is 0 Å². The molecule has 2 aromatic rings. The molecule has 4 nitrogen and oxygen atoms in total. The van der Waals surface area contributed by atoms with Gasteiger partial charge in [0.2, 0.25) is 5.91 Å². The zero-order valence-electron chi connectivity index (χ0n) is 10.3. The van der Waals surface area contributed by atoms with Gasteiger partial charge in [-0.25, -0.2) is 9.97 Å². The molecule has 0 aliphatic carbocycles. The van der Waals surface area contributed by atoms with Crippen LogP contribution in [0.25, 0.3) is 11.3 Å². The van der Waals surface area contributed by atoms with Gasteiger partial charge in [0.1, 0.15) is 6.33 Å². The Kier molecular flexibility index (Phi) is 4.02. The van der Waals surface area contributed by atoms with Gasteiger partial charge < -0.3 is 5.32 Å². The summed E-state index contributed by atoms with van der Waals surface area (Å²) in [6, 6.07) is 11.8. The number of aromatic nitrogens is 2. The number of nitrogens with zero attached hydrogens (tertiary/aromatic N) is 2. The summed E-state index contributed by atoms with van der Waals surface area (Å²) in [5.41, 5.74) is 2.72. The molecule has 0 saturated heterocycles. The monoisotopic (exact) mass is 241 g/mol. The maximum Gasteiger partial charge on any atom is 0.220 e. The van der Waals surface area contributed by atoms with Crippen LogP contribution in [0.2, 0.25) is 0 Å². The Hall–Kier alpha value is -2.23. The second kappa shape index (κ2) is 5.91. The molecule has 0 unspecified atom stereocenters. The highest BCUT2D eigenvalue weighted by molar-refractivity contribution is 5.75. The smallest absolute Gasteiger partial charge is 0.220 e. The number of carbonyl (C=O) groups is 1. The highest BCUT2D eigenvalue weighted by Gasteiger charge is 2.02. The Labute approximate surface area is 106 Å². The van der Waals surface area contributed by atoms with Crippen LogP contribution in [0.5, 0.6) is 0 Å². The van der Waals surface area contributed by atoms with Crippen LogP contribution in [-0.4, -0.2) is 15.9 Å². The normalized spacial score (nSPS) is 10.1. The van der Waals surface area contributed by atoms with Crippen molar-refractivity contribution in [2.75, 3.05) is 0 Å². The van der Waals surface area contributed by atoms with Gasteiger partial charge in [0.05, 0.1) is 17.9 Å². The fourth-order valence-electron chi connectivity index (χ4n) is 1.58. The van der Waals surface area contributed by atoms with Crippen molar-refractivity contribution in [3.63, 3.8) is 0 Å². The van der Waals surface area contributed by atoms with E-state index in [2.05, 4.69) is 15.3 Å². The first kappa shape index (κ1) is 12.2. The van der Waals surface area contributed by atoms with Gasteiger partial charge in [-0.05, 0) is 6.07 Å². The molecule has 0 radical (unpaired) electrons. The summed E-state index contributed by atoms with van der Waals surface area (Å²) in [7, 11) is 0. The molecule has 1 amide bonds. The van der Waals surface area contributed by atoms with Gasteiger partial charge in [-0.1, -0.05) is 37.3 Å². The van der Waals surface area contributed by atoms with Gasteiger partial charge >= 0.3 is 0 Å². The lowest BCUT2D eigenvalue weighted by molar-refractivity contribution is -0.120. The van der Waals surface area contributed by atoms with E-state index >= 15 is 0 Å². The molecular weight excluding hydrogens is 226 g/mol. The SMILES string of the molecule is CCC(=O)NCc1cc(-c2ccccc2)ncn1. The van der Waals surface area contributed by atoms with Crippen LogP contribution in [0.4, 0.5) is 0 Å². The molecule has 0 fully saturated rings. The highest BCUT2D eigenvalue weighted by Crippen LogP contribution is 2.15. The van der Waals surface area contributed by atoms with Gasteiger partial charge in [0, 0.05) is 12.0 Å². The number of hydrogen-bond donors (Lipinski definition) is 1. The van der Waals surface area contributed by atoms with Crippen molar-refractivity contribution in [2.45, 2.75) is 19.9 Å². The van der Waals surface area contributed by atoms with Gasteiger partial charge in [-0.15, -0.1) is 0 Å². The molecule has 1 aromatic heterocycles. The molecule has 0 bridgehead atoms. The zero-order chi connectivity index (χ0) is 12.8. The van der Waals surface area contributed by atoms with Gasteiger partial charge in [-0.3, -0.25) is 4.79 Å². The highest BCUT2D eigenvalue weighted by atomic mass is 16.1. The summed E-state index contributed by atoms with van der Waals surface area (Å²) in [4.78, 5) is 19.6. The number of rotatable bonds is 4. The maximum absolute atomic E-state index is 11.2. The molecule has 2 rings (SSSR count). The van der Waals surface area contributed by atoms with E-state index < -0.39 is 0 Å². The molecule has 4 heteroatoms. The van der Waals surface area contributed by atoms with Crippen molar-refractivity contribution < 1.29 is 4.79 Å². The molecule has 0 atom stereocenters. The Morgan fingerprint density at radius 2 is 2.00 bits per heavy atom. The third-order valence-electron chi connectivity index (χ3n) is 2.58. The molecule has 92 valence electrons. The molecule has 1 heterocycles. The Morgan fingerprint density at radius 3 is 2.72 bits per heavy atom. The number of benzene rings is 1. The minimum Gasteiger partial charge on any atom is -0.350 e. The first-order valence-electron chi connectivity index (χ1n) is 5.92. The largest absolute Gasteiger partial charge is 0.350 e. The summed E-state index contributed by atoms with van der Waals surface area (Å²) < 4.78 is 0. The lowest BCUT2D eigenvalue weighted by Gasteiger charge is -2.05. The molecular formula is C14H15N3O. The minimum atomic E-state index is 0.0230. The third kappa shape index (κ3) is 3.13. The third-order valence-corrected chi connectivity index (χ3v) is 2.58. The van der Waals surface area contributed by atoms with Gasteiger partial charge in [-0.2, -0.15) is 0 Å². The Morgan fingerprint density at radius 1 is 1.22 bits per heavy atom. The second-order valence-electron chi connectivity index (χ2n) is 3.89. The van der Waals surface area contributed by atoms with Crippen LogP contribution < -0.4 is 5.32 Å². The number of nitrogens with one attached hydrogen (secondary N) is 1. The molecule has 0 aliphatic rings. The minimum absolute atomic E-state index is 0.0230. The Bertz CT molecular complexity index is 526. The van der Waals surface area contributed by atoms with E-state index in [4.69, 9.17) is 0 Å². The van der Waals surface area contributed by atoms with E-state index in [-0.39, 0.29) is 5.91 Å². The van der Waals surface area contributed by atoms with E-state index in [1.165, 1.54) is 6.33 Å². The van der Waals surface area contributed by atoms with Crippen molar-refractivity contribution in [2.24, 2.45) is 0 Å². The summed E-state index contributed by atoms with van der Waals surface area (Å²) in [6.07, 6.45) is 2.01. The van der Waals surface area contributed by atoms with Crippen molar-refractivity contribution in [1.29, 1.82) is 0 Å². The quantitative estimate of drug-likeness (QED) is 0.892. The summed E-state index contributed by atoms with van der Waals surface area (Å²) >= 11 is 0. The van der Waals surface area contributed by atoms with Crippen molar-refractivity contribution >= 4 is 5.91 Å². The van der Waals surface area contributed by atoms with Crippen LogP contribution in [0.15, 0.2) is 42.7 Å². The molecule has 0 spiro atoms.